The number of hydrazine groups is 1. The van der Waals surface area contributed by atoms with Crippen molar-refractivity contribution in [2.75, 3.05) is 0 Å². The van der Waals surface area contributed by atoms with Crippen molar-refractivity contribution in [1.82, 2.24) is 16.2 Å². The summed E-state index contributed by atoms with van der Waals surface area (Å²) in [7, 11) is 0. The molecule has 1 saturated heterocycles. The van der Waals surface area contributed by atoms with Crippen molar-refractivity contribution in [2.45, 2.75) is 63.1 Å². The van der Waals surface area contributed by atoms with E-state index in [2.05, 4.69) is 44.2 Å². The van der Waals surface area contributed by atoms with Crippen LogP contribution in [-0.2, 0) is 4.79 Å². The van der Waals surface area contributed by atoms with Crippen molar-refractivity contribution < 1.29 is 4.79 Å². The summed E-state index contributed by atoms with van der Waals surface area (Å²) in [5, 5.41) is 3.23. The van der Waals surface area contributed by atoms with Gasteiger partial charge in [-0.1, -0.05) is 53.7 Å². The van der Waals surface area contributed by atoms with E-state index in [1.54, 1.807) is 0 Å². The van der Waals surface area contributed by atoms with Gasteiger partial charge in [0.2, 0.25) is 5.91 Å². The molecule has 0 spiro atoms. The van der Waals surface area contributed by atoms with Crippen LogP contribution in [0.15, 0.2) is 28.7 Å². The van der Waals surface area contributed by atoms with Crippen molar-refractivity contribution in [3.8, 4) is 0 Å². The first kappa shape index (κ1) is 16.0. The van der Waals surface area contributed by atoms with Crippen LogP contribution < -0.4 is 16.2 Å². The predicted molar refractivity (Wildman–Crippen MR) is 91.2 cm³/mol. The fraction of sp³-hybridized carbons (Fsp3) is 0.588. The summed E-state index contributed by atoms with van der Waals surface area (Å²) in [6.07, 6.45) is 8.14. The first-order valence-electron chi connectivity index (χ1n) is 8.29. The molecule has 4 nitrogen and oxygen atoms in total. The monoisotopic (exact) mass is 365 g/mol. The SMILES string of the molecule is O=C(NC1CCCCCC1)C1CC(c2ccc(Br)cc2)NN1. The molecular weight excluding hydrogens is 342 g/mol. The van der Waals surface area contributed by atoms with Crippen LogP contribution in [0.2, 0.25) is 0 Å². The summed E-state index contributed by atoms with van der Waals surface area (Å²) in [5.41, 5.74) is 7.61. The zero-order chi connectivity index (χ0) is 15.4. The highest BCUT2D eigenvalue weighted by Crippen LogP contribution is 2.24. The Morgan fingerprint density at radius 3 is 2.41 bits per heavy atom. The number of carbonyl (C=O) groups is 1. The third-order valence-corrected chi connectivity index (χ3v) is 5.22. The molecule has 1 saturated carbocycles. The quantitative estimate of drug-likeness (QED) is 0.721. The first-order valence-corrected chi connectivity index (χ1v) is 9.08. The van der Waals surface area contributed by atoms with Crippen LogP contribution in [0.25, 0.3) is 0 Å². The van der Waals surface area contributed by atoms with E-state index < -0.39 is 0 Å². The van der Waals surface area contributed by atoms with E-state index in [0.717, 1.165) is 23.7 Å². The van der Waals surface area contributed by atoms with Gasteiger partial charge in [0.15, 0.2) is 0 Å². The Kier molecular flexibility index (Phi) is 5.50. The smallest absolute Gasteiger partial charge is 0.238 e. The Morgan fingerprint density at radius 2 is 1.73 bits per heavy atom. The number of amides is 1. The van der Waals surface area contributed by atoms with Gasteiger partial charge in [-0.15, -0.1) is 0 Å². The number of carbonyl (C=O) groups excluding carboxylic acids is 1. The summed E-state index contributed by atoms with van der Waals surface area (Å²) < 4.78 is 1.07. The van der Waals surface area contributed by atoms with Gasteiger partial charge in [-0.2, -0.15) is 0 Å². The molecule has 2 aliphatic rings. The summed E-state index contributed by atoms with van der Waals surface area (Å²) in [6, 6.07) is 8.68. The Hall–Kier alpha value is -0.910. The van der Waals surface area contributed by atoms with Gasteiger partial charge in [0, 0.05) is 16.6 Å². The zero-order valence-corrected chi connectivity index (χ0v) is 14.4. The minimum Gasteiger partial charge on any atom is -0.352 e. The molecular formula is C17H24BrN3O. The van der Waals surface area contributed by atoms with E-state index >= 15 is 0 Å². The molecule has 2 unspecified atom stereocenters. The second kappa shape index (κ2) is 7.57. The van der Waals surface area contributed by atoms with E-state index in [9.17, 15) is 4.79 Å². The molecule has 5 heteroatoms. The maximum Gasteiger partial charge on any atom is 0.238 e. The largest absolute Gasteiger partial charge is 0.352 e. The van der Waals surface area contributed by atoms with Gasteiger partial charge in [0.1, 0.15) is 6.04 Å². The lowest BCUT2D eigenvalue weighted by molar-refractivity contribution is -0.123. The van der Waals surface area contributed by atoms with Crippen LogP contribution >= 0.6 is 15.9 Å². The Morgan fingerprint density at radius 1 is 1.05 bits per heavy atom. The molecule has 0 bridgehead atoms. The fourth-order valence-corrected chi connectivity index (χ4v) is 3.63. The van der Waals surface area contributed by atoms with Gasteiger partial charge < -0.3 is 5.32 Å². The summed E-state index contributed by atoms with van der Waals surface area (Å²) in [4.78, 5) is 12.4. The third kappa shape index (κ3) is 4.09. The molecule has 3 N–H and O–H groups in total. The molecule has 120 valence electrons. The molecule has 1 aromatic rings. The standard InChI is InChI=1S/C17H24BrN3O/c18-13-9-7-12(8-10-13)15-11-16(21-20-15)17(22)19-14-5-3-1-2-4-6-14/h7-10,14-16,20-21H,1-6,11H2,(H,19,22). The van der Waals surface area contributed by atoms with Crippen LogP contribution in [0, 0.1) is 0 Å². The second-order valence-corrected chi connectivity index (χ2v) is 7.29. The Balaban J connectivity index is 1.53. The zero-order valence-electron chi connectivity index (χ0n) is 12.8. The molecule has 1 aliphatic heterocycles. The van der Waals surface area contributed by atoms with Gasteiger partial charge in [0.25, 0.3) is 0 Å². The van der Waals surface area contributed by atoms with Gasteiger partial charge in [-0.3, -0.25) is 4.79 Å². The molecule has 0 aromatic heterocycles. The molecule has 1 amide bonds. The molecule has 1 aromatic carbocycles. The van der Waals surface area contributed by atoms with E-state index in [4.69, 9.17) is 0 Å². The average molecular weight is 366 g/mol. The maximum absolute atomic E-state index is 12.4. The molecule has 0 radical (unpaired) electrons. The van der Waals surface area contributed by atoms with Gasteiger partial charge in [-0.25, -0.2) is 10.9 Å². The van der Waals surface area contributed by atoms with Gasteiger partial charge in [0.05, 0.1) is 0 Å². The average Bonchev–Trinajstić information content (AvgIpc) is 2.88. The van der Waals surface area contributed by atoms with Crippen molar-refractivity contribution in [1.29, 1.82) is 0 Å². The lowest BCUT2D eigenvalue weighted by Crippen LogP contribution is -2.46. The highest BCUT2D eigenvalue weighted by Gasteiger charge is 2.31. The normalized spacial score (nSPS) is 26.6. The number of rotatable bonds is 3. The molecule has 1 aliphatic carbocycles. The number of benzene rings is 1. The van der Waals surface area contributed by atoms with Gasteiger partial charge in [-0.05, 0) is 37.0 Å². The molecule has 3 rings (SSSR count). The molecule has 1 heterocycles. The van der Waals surface area contributed by atoms with Crippen LogP contribution in [0.4, 0.5) is 0 Å². The maximum atomic E-state index is 12.4. The third-order valence-electron chi connectivity index (χ3n) is 4.69. The van der Waals surface area contributed by atoms with Crippen molar-refractivity contribution in [2.24, 2.45) is 0 Å². The Bertz CT molecular complexity index is 497. The second-order valence-electron chi connectivity index (χ2n) is 6.38. The summed E-state index contributed by atoms with van der Waals surface area (Å²) in [6.45, 7) is 0. The van der Waals surface area contributed by atoms with Crippen LogP contribution in [0.1, 0.15) is 56.6 Å². The molecule has 2 atom stereocenters. The van der Waals surface area contributed by atoms with Crippen LogP contribution in [0.5, 0.6) is 0 Å². The number of halogens is 1. The minimum absolute atomic E-state index is 0.138. The van der Waals surface area contributed by atoms with E-state index in [0.29, 0.717) is 6.04 Å². The van der Waals surface area contributed by atoms with E-state index in [1.165, 1.54) is 31.2 Å². The number of nitrogens with one attached hydrogen (secondary N) is 3. The number of hydrogen-bond donors (Lipinski definition) is 3. The first-order chi connectivity index (χ1) is 10.7. The van der Waals surface area contributed by atoms with Crippen molar-refractivity contribution in [3.05, 3.63) is 34.3 Å². The molecule has 2 fully saturated rings. The van der Waals surface area contributed by atoms with Crippen LogP contribution in [-0.4, -0.2) is 18.0 Å². The number of hydrogen-bond acceptors (Lipinski definition) is 3. The van der Waals surface area contributed by atoms with Crippen LogP contribution in [0.3, 0.4) is 0 Å². The topological polar surface area (TPSA) is 53.2 Å². The summed E-state index contributed by atoms with van der Waals surface area (Å²) >= 11 is 3.45. The van der Waals surface area contributed by atoms with E-state index in [1.807, 2.05) is 12.1 Å². The molecule has 22 heavy (non-hydrogen) atoms. The lowest BCUT2D eigenvalue weighted by Gasteiger charge is -2.18. The van der Waals surface area contributed by atoms with Gasteiger partial charge >= 0.3 is 0 Å². The van der Waals surface area contributed by atoms with Crippen molar-refractivity contribution >= 4 is 21.8 Å². The highest BCUT2D eigenvalue weighted by molar-refractivity contribution is 9.10. The summed E-state index contributed by atoms with van der Waals surface area (Å²) in [5.74, 6) is 0.138. The minimum atomic E-state index is -0.142. The lowest BCUT2D eigenvalue weighted by atomic mass is 10.0. The fourth-order valence-electron chi connectivity index (χ4n) is 3.37. The Labute approximate surface area is 140 Å². The van der Waals surface area contributed by atoms with Crippen molar-refractivity contribution in [3.63, 3.8) is 0 Å². The van der Waals surface area contributed by atoms with E-state index in [-0.39, 0.29) is 18.0 Å². The highest BCUT2D eigenvalue weighted by atomic mass is 79.9. The predicted octanol–water partition coefficient (Wildman–Crippen LogP) is 3.20.